The molecular formula is C38H46Cl2N4O4S. The molecule has 5 rings (SSSR count). The van der Waals surface area contributed by atoms with Crippen LogP contribution >= 0.6 is 23.2 Å². The van der Waals surface area contributed by atoms with E-state index < -0.39 is 28.5 Å². The summed E-state index contributed by atoms with van der Waals surface area (Å²) in [5.74, 6) is -1.14. The second kappa shape index (κ2) is 15.4. The molecule has 0 N–H and O–H groups in total. The average Bonchev–Trinajstić information content (AvgIpc) is 3.38. The Labute approximate surface area is 303 Å². The van der Waals surface area contributed by atoms with Crippen LogP contribution in [0.5, 0.6) is 0 Å². The molecule has 1 fully saturated rings. The fourth-order valence-electron chi connectivity index (χ4n) is 7.45. The van der Waals surface area contributed by atoms with Gasteiger partial charge in [0, 0.05) is 82.4 Å². The lowest BCUT2D eigenvalue weighted by molar-refractivity contribution is -0.150. The van der Waals surface area contributed by atoms with Gasteiger partial charge in [-0.15, -0.1) is 0 Å². The van der Waals surface area contributed by atoms with E-state index in [0.717, 1.165) is 25.9 Å². The van der Waals surface area contributed by atoms with E-state index in [1.54, 1.807) is 43.3 Å². The second-order valence-electron chi connectivity index (χ2n) is 13.5. The van der Waals surface area contributed by atoms with E-state index in [4.69, 9.17) is 23.2 Å². The zero-order valence-electron chi connectivity index (χ0n) is 29.0. The van der Waals surface area contributed by atoms with Crippen molar-refractivity contribution in [2.75, 3.05) is 51.7 Å². The fourth-order valence-corrected chi connectivity index (χ4v) is 9.64. The summed E-state index contributed by atoms with van der Waals surface area (Å²) in [5.41, 5.74) is 2.53. The highest BCUT2D eigenvalue weighted by Crippen LogP contribution is 2.49. The third-order valence-electron chi connectivity index (χ3n) is 10.3. The molecule has 2 atom stereocenters. The summed E-state index contributed by atoms with van der Waals surface area (Å²) in [7, 11) is 3.37. The van der Waals surface area contributed by atoms with E-state index in [1.807, 2.05) is 57.2 Å². The lowest BCUT2D eigenvalue weighted by Crippen LogP contribution is -2.59. The van der Waals surface area contributed by atoms with Gasteiger partial charge in [0.25, 0.3) is 0 Å². The Morgan fingerprint density at radius 2 is 1.59 bits per heavy atom. The second-order valence-corrected chi connectivity index (χ2v) is 16.1. The third-order valence-corrected chi connectivity index (χ3v) is 13.1. The van der Waals surface area contributed by atoms with Crippen molar-refractivity contribution in [3.63, 3.8) is 0 Å². The molecule has 3 aromatic carbocycles. The SMILES string of the molecule is CCN(C(=O)C(=O)N(C)[C@](CCN1CCC2(CC1)c1ccccc1C[S+]2[O-])(CN(C)C(=O)C(C)C)c1ccc(Cl)c(Cl)c1)c1ccccc1. The number of likely N-dealkylation sites (tertiary alicyclic amines) is 1. The summed E-state index contributed by atoms with van der Waals surface area (Å²) in [6.07, 6.45) is 1.93. The number of rotatable bonds is 10. The van der Waals surface area contributed by atoms with Gasteiger partial charge in [0.1, 0.15) is 5.75 Å². The first kappa shape index (κ1) is 37.2. The first-order chi connectivity index (χ1) is 23.3. The predicted molar refractivity (Wildman–Crippen MR) is 198 cm³/mol. The minimum Gasteiger partial charge on any atom is -0.615 e. The van der Waals surface area contributed by atoms with Gasteiger partial charge in [-0.1, -0.05) is 85.6 Å². The number of fused-ring (bicyclic) bond motifs is 2. The van der Waals surface area contributed by atoms with Crippen LogP contribution in [0.1, 0.15) is 56.7 Å². The Morgan fingerprint density at radius 3 is 2.22 bits per heavy atom. The number of carbonyl (C=O) groups is 3. The Kier molecular flexibility index (Phi) is 11.7. The molecule has 0 saturated carbocycles. The number of halogens is 2. The zero-order chi connectivity index (χ0) is 35.5. The first-order valence-electron chi connectivity index (χ1n) is 16.9. The smallest absolute Gasteiger partial charge is 0.316 e. The largest absolute Gasteiger partial charge is 0.615 e. The lowest BCUT2D eigenvalue weighted by Gasteiger charge is -2.47. The summed E-state index contributed by atoms with van der Waals surface area (Å²) in [6, 6.07) is 22.6. The monoisotopic (exact) mass is 724 g/mol. The minimum atomic E-state index is -1.14. The molecule has 1 saturated heterocycles. The number of nitrogens with zero attached hydrogens (tertiary/aromatic N) is 4. The molecule has 262 valence electrons. The summed E-state index contributed by atoms with van der Waals surface area (Å²) >= 11 is 12.0. The van der Waals surface area contributed by atoms with E-state index in [-0.39, 0.29) is 23.1 Å². The van der Waals surface area contributed by atoms with Crippen LogP contribution in [-0.2, 0) is 41.6 Å². The molecule has 2 aliphatic rings. The molecule has 0 aliphatic carbocycles. The molecule has 2 heterocycles. The van der Waals surface area contributed by atoms with Crippen molar-refractivity contribution < 1.29 is 18.9 Å². The molecule has 3 aromatic rings. The van der Waals surface area contributed by atoms with E-state index in [0.29, 0.717) is 46.6 Å². The molecule has 0 aromatic heterocycles. The fraction of sp³-hybridized carbons (Fsp3) is 0.447. The van der Waals surface area contributed by atoms with Crippen molar-refractivity contribution in [2.24, 2.45) is 5.92 Å². The summed E-state index contributed by atoms with van der Waals surface area (Å²) in [4.78, 5) is 48.7. The highest BCUT2D eigenvalue weighted by molar-refractivity contribution is 7.92. The Hall–Kier alpha value is -3.08. The molecule has 2 aliphatic heterocycles. The predicted octanol–water partition coefficient (Wildman–Crippen LogP) is 6.46. The van der Waals surface area contributed by atoms with Crippen LogP contribution in [0.4, 0.5) is 5.69 Å². The van der Waals surface area contributed by atoms with Crippen LogP contribution in [0, 0.1) is 5.92 Å². The molecule has 1 unspecified atom stereocenters. The highest BCUT2D eigenvalue weighted by atomic mass is 35.5. The topological polar surface area (TPSA) is 87.2 Å². The quantitative estimate of drug-likeness (QED) is 0.177. The summed E-state index contributed by atoms with van der Waals surface area (Å²) in [5, 5.41) is 0.679. The molecule has 1 spiro atoms. The number of carbonyl (C=O) groups excluding carboxylic acids is 3. The van der Waals surface area contributed by atoms with E-state index in [1.165, 1.54) is 20.9 Å². The molecule has 0 radical (unpaired) electrons. The number of para-hydroxylation sites is 1. The van der Waals surface area contributed by atoms with Gasteiger partial charge in [-0.3, -0.25) is 14.4 Å². The van der Waals surface area contributed by atoms with Crippen LogP contribution in [0.15, 0.2) is 72.8 Å². The van der Waals surface area contributed by atoms with Crippen LogP contribution in [-0.4, -0.2) is 83.8 Å². The molecule has 8 nitrogen and oxygen atoms in total. The van der Waals surface area contributed by atoms with Gasteiger partial charge in [-0.25, -0.2) is 0 Å². The first-order valence-corrected chi connectivity index (χ1v) is 19.0. The molecule has 11 heteroatoms. The van der Waals surface area contributed by atoms with Crippen molar-refractivity contribution in [1.82, 2.24) is 14.7 Å². The van der Waals surface area contributed by atoms with Crippen molar-refractivity contribution in [3.8, 4) is 0 Å². The number of amides is 3. The minimum absolute atomic E-state index is 0.0848. The van der Waals surface area contributed by atoms with E-state index >= 15 is 0 Å². The Bertz CT molecular complexity index is 1670. The molecule has 49 heavy (non-hydrogen) atoms. The maximum Gasteiger partial charge on any atom is 0.316 e. The Morgan fingerprint density at radius 1 is 0.939 bits per heavy atom. The van der Waals surface area contributed by atoms with Crippen molar-refractivity contribution in [3.05, 3.63) is 99.5 Å². The Balaban J connectivity index is 1.49. The van der Waals surface area contributed by atoms with Gasteiger partial charge in [0.2, 0.25) is 5.91 Å². The van der Waals surface area contributed by atoms with Gasteiger partial charge in [0.15, 0.2) is 4.75 Å². The molecule has 3 amide bonds. The lowest BCUT2D eigenvalue weighted by atomic mass is 9.82. The molecule has 0 bridgehead atoms. The van der Waals surface area contributed by atoms with Crippen LogP contribution in [0.3, 0.4) is 0 Å². The van der Waals surface area contributed by atoms with Crippen molar-refractivity contribution in [1.29, 1.82) is 0 Å². The zero-order valence-corrected chi connectivity index (χ0v) is 31.3. The van der Waals surface area contributed by atoms with Gasteiger partial charge in [-0.05, 0) is 54.3 Å². The van der Waals surface area contributed by atoms with E-state index in [9.17, 15) is 18.9 Å². The number of piperidine rings is 1. The number of hydrogen-bond donors (Lipinski definition) is 0. The number of hydrogen-bond acceptors (Lipinski definition) is 5. The van der Waals surface area contributed by atoms with Gasteiger partial charge in [-0.2, -0.15) is 0 Å². The standard InChI is InChI=1S/C38H46Cl2N4O4S/c1-6-44(30-13-8-7-9-14-30)36(47)35(46)42(5)37(26-41(4)34(45)27(2)3,29-16-17-32(39)33(40)24-29)18-21-43-22-19-38(20-23-43)31-15-11-10-12-28(31)25-49(38)48/h7-17,24,27H,6,18-23,25-26H2,1-5H3/t37-,49?/m1/s1. The van der Waals surface area contributed by atoms with Crippen LogP contribution in [0.25, 0.3) is 0 Å². The van der Waals surface area contributed by atoms with Crippen molar-refractivity contribution >= 4 is 57.8 Å². The van der Waals surface area contributed by atoms with Gasteiger partial charge in [0.05, 0.1) is 15.6 Å². The van der Waals surface area contributed by atoms with Crippen molar-refractivity contribution in [2.45, 2.75) is 56.1 Å². The van der Waals surface area contributed by atoms with Gasteiger partial charge < -0.3 is 24.2 Å². The molecular weight excluding hydrogens is 679 g/mol. The maximum absolute atomic E-state index is 14.4. The van der Waals surface area contributed by atoms with Crippen LogP contribution in [0.2, 0.25) is 10.0 Å². The average molecular weight is 726 g/mol. The third kappa shape index (κ3) is 7.38. The summed E-state index contributed by atoms with van der Waals surface area (Å²) < 4.78 is 13.1. The van der Waals surface area contributed by atoms with E-state index in [2.05, 4.69) is 17.0 Å². The normalized spacial score (nSPS) is 18.2. The summed E-state index contributed by atoms with van der Waals surface area (Å²) in [6.45, 7) is 7.96. The number of likely N-dealkylation sites (N-methyl/N-ethyl adjacent to an activating group) is 3. The van der Waals surface area contributed by atoms with Crippen LogP contribution < -0.4 is 4.90 Å². The number of benzene rings is 3. The van der Waals surface area contributed by atoms with Gasteiger partial charge >= 0.3 is 11.8 Å². The maximum atomic E-state index is 14.4. The number of anilines is 1. The highest BCUT2D eigenvalue weighted by Gasteiger charge is 2.52.